The highest BCUT2D eigenvalue weighted by Gasteiger charge is 2.65. The smallest absolute Gasteiger partial charge is 0.366 e. The summed E-state index contributed by atoms with van der Waals surface area (Å²) in [5, 5.41) is 5.12. The van der Waals surface area contributed by atoms with E-state index in [0.717, 1.165) is 97.1 Å². The van der Waals surface area contributed by atoms with Gasteiger partial charge in [0.05, 0.1) is 25.7 Å². The molecule has 4 heterocycles. The Morgan fingerprint density at radius 3 is 1.41 bits per heavy atom. The van der Waals surface area contributed by atoms with Crippen LogP contribution in [-0.4, -0.2) is 232 Å². The highest BCUT2D eigenvalue weighted by molar-refractivity contribution is 5.79. The van der Waals surface area contributed by atoms with Crippen LogP contribution in [0.25, 0.3) is 0 Å². The van der Waals surface area contributed by atoms with Crippen LogP contribution < -0.4 is 21.1 Å². The van der Waals surface area contributed by atoms with Gasteiger partial charge < -0.3 is 111 Å². The minimum atomic E-state index is -3.29. The number of esters is 12. The Bertz CT molecular complexity index is 3000. The first kappa shape index (κ1) is 77.8. The molecule has 4 aliphatic heterocycles. The molecular weight excluding hydrogens is 1290 g/mol. The maximum atomic E-state index is 15.0. The summed E-state index contributed by atoms with van der Waals surface area (Å²) in [5.41, 5.74) is 6.26. The van der Waals surface area contributed by atoms with Gasteiger partial charge in [-0.3, -0.25) is 62.3 Å². The molecule has 0 radical (unpaired) electrons. The molecule has 4 N–H and O–H groups in total. The molecule has 0 spiro atoms. The maximum absolute atomic E-state index is 15.0. The Morgan fingerprint density at radius 1 is 0.490 bits per heavy atom. The molecule has 1 aromatic carbocycles. The molecule has 4 saturated heterocycles. The zero-order valence-electron chi connectivity index (χ0n) is 54.9. The van der Waals surface area contributed by atoms with Gasteiger partial charge in [0.25, 0.3) is 12.1 Å². The van der Waals surface area contributed by atoms with Crippen molar-refractivity contribution in [3.63, 3.8) is 0 Å². The fourth-order valence-corrected chi connectivity index (χ4v) is 10.8. The molecule has 534 valence electrons. The van der Waals surface area contributed by atoms with E-state index in [-0.39, 0.29) is 11.4 Å². The zero-order chi connectivity index (χ0) is 71.8. The SMILES string of the molecule is COC(=O)C1(OC2C(OC(C)=O)C(COC(C)=O)OC(OC3C(COC(C)=O)OC(Oc4ccc(N)cc4)[C@@H](NC(C)=O)C3OC3OC(C)C(OC(C)=O)C(OC(C)=O)C3OC(C)=O)C2OC(C)=O)CC(OC(C)=O)C(NC(C)=O)C([C@H](OC(C)=O)C(OC(C)=O)OC(C)=O)O1. The molecule has 37 nitrogen and oxygen atoms in total. The van der Waals surface area contributed by atoms with Gasteiger partial charge >= 0.3 is 71.6 Å². The largest absolute Gasteiger partial charge is 0.465 e. The van der Waals surface area contributed by atoms with Gasteiger partial charge in [0.1, 0.15) is 67.7 Å². The molecule has 0 aromatic heterocycles. The van der Waals surface area contributed by atoms with Gasteiger partial charge in [0.2, 0.25) is 24.2 Å². The normalized spacial score (nSPS) is 30.3. The number of hydrogen-bond acceptors (Lipinski definition) is 35. The molecule has 4 aliphatic rings. The van der Waals surface area contributed by atoms with Gasteiger partial charge in [-0.15, -0.1) is 0 Å². The van der Waals surface area contributed by atoms with Crippen LogP contribution in [0.15, 0.2) is 24.3 Å². The number of amides is 2. The number of nitrogen functional groups attached to an aromatic ring is 1. The second-order valence-electron chi connectivity index (χ2n) is 22.0. The number of nitrogens with two attached hydrogens (primary N) is 1. The van der Waals surface area contributed by atoms with Gasteiger partial charge in [0, 0.05) is 95.7 Å². The number of benzene rings is 1. The van der Waals surface area contributed by atoms with Crippen LogP contribution >= 0.6 is 0 Å². The van der Waals surface area contributed by atoms with E-state index in [1.807, 2.05) is 0 Å². The molecule has 5 rings (SSSR count). The van der Waals surface area contributed by atoms with E-state index in [0.29, 0.717) is 0 Å². The molecule has 20 atom stereocenters. The van der Waals surface area contributed by atoms with Crippen molar-refractivity contribution in [2.75, 3.05) is 26.1 Å². The molecule has 18 unspecified atom stereocenters. The third-order valence-electron chi connectivity index (χ3n) is 14.0. The molecule has 2 amide bonds. The monoisotopic (exact) mass is 1370 g/mol. The average Bonchev–Trinajstić information content (AvgIpc) is 0.745. The molecule has 0 bridgehead atoms. The summed E-state index contributed by atoms with van der Waals surface area (Å²) in [6.45, 7) is 11.6. The van der Waals surface area contributed by atoms with E-state index in [4.69, 9.17) is 100 Å². The molecule has 4 fully saturated rings. The third-order valence-corrected chi connectivity index (χ3v) is 14.0. The zero-order valence-corrected chi connectivity index (χ0v) is 54.9. The van der Waals surface area contributed by atoms with Crippen molar-refractivity contribution in [2.24, 2.45) is 0 Å². The summed E-state index contributed by atoms with van der Waals surface area (Å²) in [6.07, 6.45) is -37.4. The van der Waals surface area contributed by atoms with Crippen molar-refractivity contribution in [1.29, 1.82) is 0 Å². The summed E-state index contributed by atoms with van der Waals surface area (Å²) in [7, 11) is 0.791. The lowest BCUT2D eigenvalue weighted by atomic mass is 9.88. The second kappa shape index (κ2) is 34.7. The Balaban J connectivity index is 1.90. The second-order valence-corrected chi connectivity index (χ2v) is 22.0. The summed E-state index contributed by atoms with van der Waals surface area (Å²) in [6, 6.07) is 2.06. The number of ether oxygens (including phenoxy) is 20. The molecule has 0 aliphatic carbocycles. The summed E-state index contributed by atoms with van der Waals surface area (Å²) < 4.78 is 119. The highest BCUT2D eigenvalue weighted by atomic mass is 16.8. The first-order chi connectivity index (χ1) is 44.9. The van der Waals surface area contributed by atoms with Gasteiger partial charge in [0.15, 0.2) is 43.1 Å². The molecular formula is C59H79N3O34. The first-order valence-electron chi connectivity index (χ1n) is 29.5. The van der Waals surface area contributed by atoms with E-state index < -0.39 is 232 Å². The number of hydrogen-bond donors (Lipinski definition) is 3. The van der Waals surface area contributed by atoms with Crippen molar-refractivity contribution in [3.05, 3.63) is 24.3 Å². The van der Waals surface area contributed by atoms with Crippen LogP contribution in [0.4, 0.5) is 5.69 Å². The Kier molecular flexibility index (Phi) is 28.1. The van der Waals surface area contributed by atoms with Gasteiger partial charge in [-0.05, 0) is 31.2 Å². The minimum Gasteiger partial charge on any atom is -0.465 e. The lowest BCUT2D eigenvalue weighted by Gasteiger charge is -2.53. The Morgan fingerprint density at radius 2 is 0.927 bits per heavy atom. The predicted molar refractivity (Wildman–Crippen MR) is 307 cm³/mol. The van der Waals surface area contributed by atoms with Crippen LogP contribution in [0, 0.1) is 0 Å². The number of rotatable bonds is 26. The van der Waals surface area contributed by atoms with Crippen molar-refractivity contribution in [1.82, 2.24) is 10.6 Å². The van der Waals surface area contributed by atoms with Crippen LogP contribution in [-0.2, 0) is 157 Å². The Hall–Kier alpha value is -8.88. The molecule has 37 heteroatoms. The van der Waals surface area contributed by atoms with Gasteiger partial charge in [-0.1, -0.05) is 0 Å². The first-order valence-corrected chi connectivity index (χ1v) is 29.5. The lowest BCUT2D eigenvalue weighted by Crippen LogP contribution is -2.73. The van der Waals surface area contributed by atoms with Crippen LogP contribution in [0.3, 0.4) is 0 Å². The number of nitrogens with one attached hydrogen (secondary N) is 2. The fraction of sp³-hybridized carbons (Fsp3) is 0.661. The molecule has 96 heavy (non-hydrogen) atoms. The van der Waals surface area contributed by atoms with Crippen LogP contribution in [0.1, 0.15) is 103 Å². The quantitative estimate of drug-likeness (QED) is 0.0423. The van der Waals surface area contributed by atoms with E-state index in [2.05, 4.69) is 10.6 Å². The summed E-state index contributed by atoms with van der Waals surface area (Å²) in [5.74, 6) is -18.7. The van der Waals surface area contributed by atoms with E-state index in [1.165, 1.54) is 31.2 Å². The Labute approximate surface area is 548 Å². The number of carbonyl (C=O) groups is 14. The number of carbonyl (C=O) groups excluding carboxylic acids is 14. The summed E-state index contributed by atoms with van der Waals surface area (Å²) >= 11 is 0. The third kappa shape index (κ3) is 21.8. The average molecular weight is 1370 g/mol. The standard InChI is InChI=1S/C59H79N3O34/c1-23-44(82-29(7)68)49(84-31(9)70)52(86-33(11)72)55(80-23)94-47-43(62-25(3)64)54(90-38-18-16-37(60)17-19-38)91-40(21-78-26(4)65)45(47)93-57-53(87-34(12)73)50(46(83-30(8)69)41(92-57)22-79-27(5)66)96-59(58(76)77-15)20-39(81-28(6)67)42(61-24(2)63)48(95-59)51(85-32(10)71)56(88-35(13)74)89-36(14)75/h16-19,23,39-57H,20-22,60H2,1-15H3,(H,61,63)(H,62,64)/t23?,39?,40?,41?,42?,43-,44?,45?,46?,47?,48?,49?,50?,51-,52?,53?,54?,55?,57?,59?/m0/s1. The van der Waals surface area contributed by atoms with Crippen LogP contribution in [0.5, 0.6) is 5.75 Å². The van der Waals surface area contributed by atoms with Crippen molar-refractivity contribution >= 4 is 89.1 Å². The number of methoxy groups -OCH3 is 1. The lowest BCUT2D eigenvalue weighted by molar-refractivity contribution is -0.390. The highest BCUT2D eigenvalue weighted by Crippen LogP contribution is 2.43. The predicted octanol–water partition coefficient (Wildman–Crippen LogP) is -1.23. The molecule has 0 saturated carbocycles. The van der Waals surface area contributed by atoms with Crippen LogP contribution in [0.2, 0.25) is 0 Å². The maximum Gasteiger partial charge on any atom is 0.366 e. The van der Waals surface area contributed by atoms with Gasteiger partial charge in [-0.25, -0.2) is 4.79 Å². The van der Waals surface area contributed by atoms with Crippen molar-refractivity contribution in [2.45, 2.75) is 232 Å². The number of anilines is 1. The van der Waals surface area contributed by atoms with Crippen molar-refractivity contribution in [3.8, 4) is 5.75 Å². The molecule has 1 aromatic rings. The van der Waals surface area contributed by atoms with Crippen molar-refractivity contribution < 1.29 is 162 Å². The summed E-state index contributed by atoms with van der Waals surface area (Å²) in [4.78, 5) is 185. The minimum absolute atomic E-state index is 0.0160. The fourth-order valence-electron chi connectivity index (χ4n) is 10.8. The van der Waals surface area contributed by atoms with E-state index in [9.17, 15) is 62.3 Å². The van der Waals surface area contributed by atoms with E-state index >= 15 is 4.79 Å². The topological polar surface area (TPSA) is 474 Å². The van der Waals surface area contributed by atoms with Gasteiger partial charge in [-0.2, -0.15) is 0 Å². The van der Waals surface area contributed by atoms with E-state index in [1.54, 1.807) is 0 Å².